The van der Waals surface area contributed by atoms with Crippen LogP contribution in [-0.2, 0) is 6.54 Å². The predicted molar refractivity (Wildman–Crippen MR) is 129 cm³/mol. The third-order valence-electron chi connectivity index (χ3n) is 4.83. The van der Waals surface area contributed by atoms with Crippen molar-refractivity contribution in [3.63, 3.8) is 0 Å². The van der Waals surface area contributed by atoms with Gasteiger partial charge in [0.25, 0.3) is 0 Å². The Kier molecular flexibility index (Phi) is 9.31. The van der Waals surface area contributed by atoms with Crippen molar-refractivity contribution < 1.29 is 0 Å². The van der Waals surface area contributed by atoms with Crippen LogP contribution in [0.25, 0.3) is 0 Å². The van der Waals surface area contributed by atoms with Gasteiger partial charge in [-0.25, -0.2) is 4.99 Å². The molecule has 1 unspecified atom stereocenters. The molecule has 2 heterocycles. The maximum atomic E-state index is 6.19. The van der Waals surface area contributed by atoms with Crippen LogP contribution < -0.4 is 15.5 Å². The van der Waals surface area contributed by atoms with Crippen LogP contribution in [0.4, 0.5) is 5.69 Å². The van der Waals surface area contributed by atoms with Crippen LogP contribution in [0.2, 0.25) is 5.02 Å². The first-order valence-electron chi connectivity index (χ1n) is 9.59. The Labute approximate surface area is 190 Å². The van der Waals surface area contributed by atoms with Crippen molar-refractivity contribution in [1.29, 1.82) is 0 Å². The van der Waals surface area contributed by atoms with Crippen LogP contribution in [-0.4, -0.2) is 37.1 Å². The first-order valence-corrected chi connectivity index (χ1v) is 9.96. The fraction of sp³-hybridized carbons (Fsp3) is 0.429. The van der Waals surface area contributed by atoms with Crippen LogP contribution in [0.15, 0.2) is 47.6 Å². The third-order valence-corrected chi connectivity index (χ3v) is 5.06. The highest BCUT2D eigenvalue weighted by Crippen LogP contribution is 2.29. The number of pyridine rings is 1. The standard InChI is InChI=1S/C21H28ClN5.HI/c1-3-23-21(26-14-19-6-4-5-10-24-19)25-13-17-9-11-27(15-17)20-12-18(22)8-7-16(20)2;/h4-8,10,12,17H,3,9,11,13-15H2,1-2H3,(H2,23,25,26);1H. The lowest BCUT2D eigenvalue weighted by molar-refractivity contribution is 0.565. The van der Waals surface area contributed by atoms with Gasteiger partial charge < -0.3 is 15.5 Å². The van der Waals surface area contributed by atoms with Crippen LogP contribution >= 0.6 is 35.6 Å². The molecule has 1 aliphatic heterocycles. The van der Waals surface area contributed by atoms with Crippen molar-refractivity contribution in [2.24, 2.45) is 10.9 Å². The molecule has 0 aliphatic carbocycles. The number of rotatable bonds is 6. The number of guanidine groups is 1. The highest BCUT2D eigenvalue weighted by Gasteiger charge is 2.24. The Bertz CT molecular complexity index is 769. The van der Waals surface area contributed by atoms with Crippen LogP contribution in [0.5, 0.6) is 0 Å². The largest absolute Gasteiger partial charge is 0.371 e. The SMILES string of the molecule is CCNC(=NCc1ccccn1)NCC1CCN(c2cc(Cl)ccc2C)C1.I. The second-order valence-electron chi connectivity index (χ2n) is 6.93. The minimum Gasteiger partial charge on any atom is -0.371 e. The molecule has 0 radical (unpaired) electrons. The van der Waals surface area contributed by atoms with E-state index in [4.69, 9.17) is 11.6 Å². The predicted octanol–water partition coefficient (Wildman–Crippen LogP) is 4.24. The maximum absolute atomic E-state index is 6.19. The number of hydrogen-bond acceptors (Lipinski definition) is 3. The number of halogens is 2. The average molecular weight is 514 g/mol. The van der Waals surface area contributed by atoms with Gasteiger partial charge in [-0.3, -0.25) is 4.98 Å². The quantitative estimate of drug-likeness (QED) is 0.345. The zero-order valence-corrected chi connectivity index (χ0v) is 19.6. The summed E-state index contributed by atoms with van der Waals surface area (Å²) in [7, 11) is 0. The molecule has 2 aromatic rings. The minimum absolute atomic E-state index is 0. The number of nitrogens with one attached hydrogen (secondary N) is 2. The molecule has 0 spiro atoms. The molecule has 7 heteroatoms. The van der Waals surface area contributed by atoms with Crippen molar-refractivity contribution in [1.82, 2.24) is 15.6 Å². The Morgan fingerprint density at radius 2 is 2.14 bits per heavy atom. The molecule has 5 nitrogen and oxygen atoms in total. The molecule has 1 aromatic carbocycles. The molecule has 1 atom stereocenters. The normalized spacial score (nSPS) is 16.6. The van der Waals surface area contributed by atoms with Crippen molar-refractivity contribution in [3.8, 4) is 0 Å². The van der Waals surface area contributed by atoms with Crippen molar-refractivity contribution in [2.45, 2.75) is 26.8 Å². The summed E-state index contributed by atoms with van der Waals surface area (Å²) in [4.78, 5) is 11.4. The number of hydrogen-bond donors (Lipinski definition) is 2. The van der Waals surface area contributed by atoms with Gasteiger partial charge in [0, 0.05) is 43.1 Å². The van der Waals surface area contributed by atoms with Crippen molar-refractivity contribution >= 4 is 47.2 Å². The molecule has 0 bridgehead atoms. The summed E-state index contributed by atoms with van der Waals surface area (Å²) in [6.07, 6.45) is 2.97. The van der Waals surface area contributed by atoms with E-state index in [0.29, 0.717) is 12.5 Å². The van der Waals surface area contributed by atoms with E-state index in [1.165, 1.54) is 17.7 Å². The zero-order valence-electron chi connectivity index (χ0n) is 16.5. The summed E-state index contributed by atoms with van der Waals surface area (Å²) < 4.78 is 0. The molecular formula is C21H29ClIN5. The van der Waals surface area contributed by atoms with Gasteiger partial charge in [-0.15, -0.1) is 24.0 Å². The van der Waals surface area contributed by atoms with Crippen LogP contribution in [0.3, 0.4) is 0 Å². The highest BCUT2D eigenvalue weighted by atomic mass is 127. The Morgan fingerprint density at radius 3 is 2.89 bits per heavy atom. The molecule has 1 aliphatic rings. The lowest BCUT2D eigenvalue weighted by Gasteiger charge is -2.21. The van der Waals surface area contributed by atoms with Gasteiger partial charge in [-0.2, -0.15) is 0 Å². The summed E-state index contributed by atoms with van der Waals surface area (Å²) in [6, 6.07) is 12.0. The summed E-state index contributed by atoms with van der Waals surface area (Å²) >= 11 is 6.19. The molecule has 1 fully saturated rings. The number of benzene rings is 1. The monoisotopic (exact) mass is 513 g/mol. The molecule has 1 saturated heterocycles. The van der Waals surface area contributed by atoms with E-state index in [0.717, 1.165) is 42.9 Å². The lowest BCUT2D eigenvalue weighted by atomic mass is 10.1. The first kappa shape index (κ1) is 22.7. The van der Waals surface area contributed by atoms with E-state index in [1.807, 2.05) is 24.3 Å². The lowest BCUT2D eigenvalue weighted by Crippen LogP contribution is -2.40. The fourth-order valence-electron chi connectivity index (χ4n) is 3.38. The topological polar surface area (TPSA) is 52.6 Å². The van der Waals surface area contributed by atoms with Gasteiger partial charge in [-0.05, 0) is 56.0 Å². The number of aliphatic imine (C=N–C) groups is 1. The second-order valence-corrected chi connectivity index (χ2v) is 7.37. The number of anilines is 1. The van der Waals surface area contributed by atoms with E-state index in [-0.39, 0.29) is 24.0 Å². The number of nitrogens with zero attached hydrogens (tertiary/aromatic N) is 3. The van der Waals surface area contributed by atoms with Gasteiger partial charge in [0.05, 0.1) is 12.2 Å². The molecule has 3 rings (SSSR count). The van der Waals surface area contributed by atoms with E-state index in [2.05, 4.69) is 51.5 Å². The van der Waals surface area contributed by atoms with Gasteiger partial charge in [0.15, 0.2) is 5.96 Å². The summed E-state index contributed by atoms with van der Waals surface area (Å²) in [6.45, 7) is 8.65. The van der Waals surface area contributed by atoms with E-state index >= 15 is 0 Å². The molecule has 28 heavy (non-hydrogen) atoms. The number of aromatic nitrogens is 1. The molecular weight excluding hydrogens is 485 g/mol. The van der Waals surface area contributed by atoms with E-state index < -0.39 is 0 Å². The van der Waals surface area contributed by atoms with E-state index in [1.54, 1.807) is 6.20 Å². The smallest absolute Gasteiger partial charge is 0.191 e. The Morgan fingerprint density at radius 1 is 1.29 bits per heavy atom. The van der Waals surface area contributed by atoms with Crippen molar-refractivity contribution in [2.75, 3.05) is 31.1 Å². The van der Waals surface area contributed by atoms with Gasteiger partial charge in [-0.1, -0.05) is 23.7 Å². The molecule has 152 valence electrons. The molecule has 1 aromatic heterocycles. The number of aryl methyl sites for hydroxylation is 1. The van der Waals surface area contributed by atoms with Crippen LogP contribution in [0.1, 0.15) is 24.6 Å². The fourth-order valence-corrected chi connectivity index (χ4v) is 3.54. The summed E-state index contributed by atoms with van der Waals surface area (Å²) in [5.74, 6) is 1.43. The van der Waals surface area contributed by atoms with Gasteiger partial charge >= 0.3 is 0 Å². The van der Waals surface area contributed by atoms with Crippen molar-refractivity contribution in [3.05, 3.63) is 58.9 Å². The minimum atomic E-state index is 0. The Balaban J connectivity index is 0.00000280. The molecule has 0 amide bonds. The average Bonchev–Trinajstić information content (AvgIpc) is 3.15. The van der Waals surface area contributed by atoms with Gasteiger partial charge in [0.1, 0.15) is 0 Å². The highest BCUT2D eigenvalue weighted by molar-refractivity contribution is 14.0. The Hall–Kier alpha value is -1.54. The summed E-state index contributed by atoms with van der Waals surface area (Å²) in [5.41, 5.74) is 3.50. The zero-order chi connectivity index (χ0) is 19.1. The van der Waals surface area contributed by atoms with Crippen LogP contribution in [0, 0.1) is 12.8 Å². The molecule has 0 saturated carbocycles. The van der Waals surface area contributed by atoms with E-state index in [9.17, 15) is 0 Å². The first-order chi connectivity index (χ1) is 13.2. The summed E-state index contributed by atoms with van der Waals surface area (Å²) in [5, 5.41) is 7.60. The molecule has 2 N–H and O–H groups in total. The third kappa shape index (κ3) is 6.51. The van der Waals surface area contributed by atoms with Gasteiger partial charge in [0.2, 0.25) is 0 Å². The maximum Gasteiger partial charge on any atom is 0.191 e. The second kappa shape index (κ2) is 11.5.